The molecule has 0 spiro atoms. The number of nitrogens with one attached hydrogen (secondary N) is 1. The summed E-state index contributed by atoms with van der Waals surface area (Å²) in [4.78, 5) is 11.9. The van der Waals surface area contributed by atoms with Gasteiger partial charge >= 0.3 is 0 Å². The molecule has 0 aliphatic carbocycles. The third kappa shape index (κ3) is 2.40. The second-order valence-electron chi connectivity index (χ2n) is 4.13. The van der Waals surface area contributed by atoms with Crippen LogP contribution in [-0.2, 0) is 4.74 Å². The number of hydrogen-bond donors (Lipinski definition) is 3. The average molecular weight is 237 g/mol. The molecular weight excluding hydrogens is 222 g/mol. The van der Waals surface area contributed by atoms with E-state index >= 15 is 0 Å². The zero-order chi connectivity index (χ0) is 12.4. The van der Waals surface area contributed by atoms with E-state index in [4.69, 9.17) is 4.74 Å². The van der Waals surface area contributed by atoms with Crippen LogP contribution in [0.3, 0.4) is 0 Å². The maximum atomic E-state index is 11.9. The summed E-state index contributed by atoms with van der Waals surface area (Å²) in [5.74, 6) is -0.228. The lowest BCUT2D eigenvalue weighted by Crippen LogP contribution is -2.42. The number of hydrogen-bond acceptors (Lipinski definition) is 4. The number of amides is 1. The van der Waals surface area contributed by atoms with Crippen molar-refractivity contribution in [3.8, 4) is 5.75 Å². The number of aliphatic hydroxyl groups is 1. The summed E-state index contributed by atoms with van der Waals surface area (Å²) in [5.41, 5.74) is 0.933. The number of rotatable bonds is 2. The van der Waals surface area contributed by atoms with Gasteiger partial charge in [-0.15, -0.1) is 0 Å². The van der Waals surface area contributed by atoms with Gasteiger partial charge in [-0.05, 0) is 19.1 Å². The van der Waals surface area contributed by atoms with Gasteiger partial charge in [0.25, 0.3) is 5.91 Å². The Hall–Kier alpha value is -1.59. The average Bonchev–Trinajstić information content (AvgIpc) is 2.68. The van der Waals surface area contributed by atoms with E-state index in [1.165, 1.54) is 6.07 Å². The fraction of sp³-hybridized carbons (Fsp3) is 0.417. The molecule has 2 rings (SSSR count). The summed E-state index contributed by atoms with van der Waals surface area (Å²) in [7, 11) is 0. The molecule has 0 bridgehead atoms. The first-order valence-electron chi connectivity index (χ1n) is 5.45. The van der Waals surface area contributed by atoms with Crippen LogP contribution >= 0.6 is 0 Å². The third-order valence-corrected chi connectivity index (χ3v) is 2.92. The number of phenolic OH excluding ortho intramolecular Hbond substituents is 1. The van der Waals surface area contributed by atoms with Crippen molar-refractivity contribution in [1.82, 2.24) is 5.32 Å². The highest BCUT2D eigenvalue weighted by atomic mass is 16.5. The lowest BCUT2D eigenvalue weighted by Gasteiger charge is -2.15. The SMILES string of the molecule is Cc1c(O)cccc1C(=O)N[C@H]1COC[C@@H]1O. The molecule has 17 heavy (non-hydrogen) atoms. The zero-order valence-corrected chi connectivity index (χ0v) is 9.51. The van der Waals surface area contributed by atoms with Crippen LogP contribution in [0.1, 0.15) is 15.9 Å². The quantitative estimate of drug-likeness (QED) is 0.686. The molecule has 0 unspecified atom stereocenters. The second-order valence-corrected chi connectivity index (χ2v) is 4.13. The van der Waals surface area contributed by atoms with Crippen molar-refractivity contribution < 1.29 is 19.7 Å². The lowest BCUT2D eigenvalue weighted by atomic mass is 10.1. The van der Waals surface area contributed by atoms with Crippen LogP contribution in [-0.4, -0.2) is 41.5 Å². The fourth-order valence-electron chi connectivity index (χ4n) is 1.80. The van der Waals surface area contributed by atoms with Crippen LogP contribution in [0.4, 0.5) is 0 Å². The molecule has 1 aliphatic heterocycles. The van der Waals surface area contributed by atoms with E-state index in [2.05, 4.69) is 5.32 Å². The van der Waals surface area contributed by atoms with Crippen molar-refractivity contribution >= 4 is 5.91 Å². The summed E-state index contributed by atoms with van der Waals surface area (Å²) in [6.45, 7) is 2.22. The molecule has 0 aromatic heterocycles. The highest BCUT2D eigenvalue weighted by Crippen LogP contribution is 2.19. The van der Waals surface area contributed by atoms with Crippen molar-refractivity contribution in [3.05, 3.63) is 29.3 Å². The Kier molecular flexibility index (Phi) is 3.31. The molecule has 1 aromatic rings. The smallest absolute Gasteiger partial charge is 0.252 e. The van der Waals surface area contributed by atoms with Crippen LogP contribution in [0.15, 0.2) is 18.2 Å². The first kappa shape index (κ1) is 11.9. The summed E-state index contributed by atoms with van der Waals surface area (Å²) >= 11 is 0. The molecule has 1 amide bonds. The minimum atomic E-state index is -0.670. The first-order chi connectivity index (χ1) is 8.09. The number of carbonyl (C=O) groups is 1. The van der Waals surface area contributed by atoms with Gasteiger partial charge in [0, 0.05) is 11.1 Å². The van der Waals surface area contributed by atoms with Crippen molar-refractivity contribution in [2.24, 2.45) is 0 Å². The van der Waals surface area contributed by atoms with Gasteiger partial charge in [-0.2, -0.15) is 0 Å². The van der Waals surface area contributed by atoms with Crippen molar-refractivity contribution in [2.75, 3.05) is 13.2 Å². The molecule has 92 valence electrons. The third-order valence-electron chi connectivity index (χ3n) is 2.92. The molecule has 2 atom stereocenters. The zero-order valence-electron chi connectivity index (χ0n) is 9.51. The van der Waals surface area contributed by atoms with E-state index in [1.54, 1.807) is 19.1 Å². The monoisotopic (exact) mass is 237 g/mol. The van der Waals surface area contributed by atoms with Crippen LogP contribution in [0, 0.1) is 6.92 Å². The second kappa shape index (κ2) is 4.73. The Morgan fingerprint density at radius 2 is 2.24 bits per heavy atom. The molecule has 1 aliphatic rings. The molecule has 1 aromatic carbocycles. The number of ether oxygens (including phenoxy) is 1. The van der Waals surface area contributed by atoms with Crippen molar-refractivity contribution in [2.45, 2.75) is 19.1 Å². The normalized spacial score (nSPS) is 23.6. The summed E-state index contributed by atoms with van der Waals surface area (Å²) in [6.07, 6.45) is -0.670. The maximum Gasteiger partial charge on any atom is 0.252 e. The van der Waals surface area contributed by atoms with Crippen LogP contribution < -0.4 is 5.32 Å². The summed E-state index contributed by atoms with van der Waals surface area (Å²) < 4.78 is 5.05. The minimum absolute atomic E-state index is 0.0841. The molecular formula is C12H15NO4. The van der Waals surface area contributed by atoms with Gasteiger partial charge in [0.2, 0.25) is 0 Å². The van der Waals surface area contributed by atoms with Crippen molar-refractivity contribution in [3.63, 3.8) is 0 Å². The molecule has 0 saturated carbocycles. The Morgan fingerprint density at radius 3 is 2.88 bits per heavy atom. The highest BCUT2D eigenvalue weighted by molar-refractivity contribution is 5.96. The van der Waals surface area contributed by atoms with Gasteiger partial charge in [0.15, 0.2) is 0 Å². The van der Waals surface area contributed by atoms with Gasteiger partial charge < -0.3 is 20.3 Å². The molecule has 1 fully saturated rings. The van der Waals surface area contributed by atoms with Gasteiger partial charge in [0.05, 0.1) is 25.4 Å². The van der Waals surface area contributed by atoms with Gasteiger partial charge in [0.1, 0.15) is 5.75 Å². The van der Waals surface area contributed by atoms with Crippen LogP contribution in [0.5, 0.6) is 5.75 Å². The number of benzene rings is 1. The maximum absolute atomic E-state index is 11.9. The largest absolute Gasteiger partial charge is 0.508 e. The Morgan fingerprint density at radius 1 is 1.47 bits per heavy atom. The van der Waals surface area contributed by atoms with E-state index in [9.17, 15) is 15.0 Å². The first-order valence-corrected chi connectivity index (χ1v) is 5.45. The van der Waals surface area contributed by atoms with E-state index in [1.807, 2.05) is 0 Å². The topological polar surface area (TPSA) is 78.8 Å². The predicted octanol–water partition coefficient (Wildman–Crippen LogP) is 0.190. The van der Waals surface area contributed by atoms with Gasteiger partial charge in [-0.3, -0.25) is 4.79 Å². The predicted molar refractivity (Wildman–Crippen MR) is 60.9 cm³/mol. The van der Waals surface area contributed by atoms with Crippen LogP contribution in [0.2, 0.25) is 0 Å². The Bertz CT molecular complexity index is 433. The molecule has 5 heteroatoms. The summed E-state index contributed by atoms with van der Waals surface area (Å²) in [5, 5.41) is 21.7. The molecule has 3 N–H and O–H groups in total. The van der Waals surface area contributed by atoms with E-state index in [0.717, 1.165) is 0 Å². The molecule has 0 radical (unpaired) electrons. The molecule has 5 nitrogen and oxygen atoms in total. The van der Waals surface area contributed by atoms with E-state index in [0.29, 0.717) is 17.7 Å². The fourth-order valence-corrected chi connectivity index (χ4v) is 1.80. The molecule has 1 saturated heterocycles. The summed E-state index contributed by atoms with van der Waals surface area (Å²) in [6, 6.07) is 4.38. The van der Waals surface area contributed by atoms with E-state index in [-0.39, 0.29) is 24.3 Å². The Labute approximate surface area is 99.0 Å². The van der Waals surface area contributed by atoms with Gasteiger partial charge in [-0.25, -0.2) is 0 Å². The standard InChI is InChI=1S/C12H15NO4/c1-7-8(3-2-4-10(7)14)12(16)13-9-5-17-6-11(9)15/h2-4,9,11,14-15H,5-6H2,1H3,(H,13,16)/t9-,11-/m0/s1. The number of phenols is 1. The molecule has 1 heterocycles. The number of aliphatic hydroxyl groups excluding tert-OH is 1. The van der Waals surface area contributed by atoms with Crippen LogP contribution in [0.25, 0.3) is 0 Å². The van der Waals surface area contributed by atoms with E-state index < -0.39 is 6.10 Å². The number of aromatic hydroxyl groups is 1. The highest BCUT2D eigenvalue weighted by Gasteiger charge is 2.28. The Balaban J connectivity index is 2.12. The number of carbonyl (C=O) groups excluding carboxylic acids is 1. The lowest BCUT2D eigenvalue weighted by molar-refractivity contribution is 0.0885. The minimum Gasteiger partial charge on any atom is -0.508 e. The van der Waals surface area contributed by atoms with Gasteiger partial charge in [-0.1, -0.05) is 6.07 Å². The van der Waals surface area contributed by atoms with Crippen molar-refractivity contribution in [1.29, 1.82) is 0 Å².